The second-order valence-electron chi connectivity index (χ2n) is 18.8. The van der Waals surface area contributed by atoms with Crippen molar-refractivity contribution in [3.63, 3.8) is 0 Å². The van der Waals surface area contributed by atoms with Crippen LogP contribution in [-0.4, -0.2) is 55.0 Å². The number of nitrogens with zero attached hydrogens (tertiary/aromatic N) is 7. The average Bonchev–Trinajstić information content (AvgIpc) is 4.52. The van der Waals surface area contributed by atoms with E-state index in [1.165, 1.54) is 15.9 Å². The van der Waals surface area contributed by atoms with Crippen LogP contribution < -0.4 is 32.3 Å². The van der Waals surface area contributed by atoms with Gasteiger partial charge in [-0.15, -0.1) is 0 Å². The number of nitrogens with one attached hydrogen (secondary N) is 2. The van der Waals surface area contributed by atoms with Crippen molar-refractivity contribution in [2.45, 2.75) is 25.9 Å². The van der Waals surface area contributed by atoms with E-state index in [-0.39, 0.29) is 11.8 Å². The summed E-state index contributed by atoms with van der Waals surface area (Å²) in [6, 6.07) is 67.4. The number of azide groups is 1. The smallest absolute Gasteiger partial charge is 0.275 e. The van der Waals surface area contributed by atoms with Gasteiger partial charge in [-0.2, -0.15) is 0 Å². The largest absolute Gasteiger partial charge is 0.347 e. The van der Waals surface area contributed by atoms with Crippen LogP contribution in [0.1, 0.15) is 24.0 Å². The summed E-state index contributed by atoms with van der Waals surface area (Å²) in [5.41, 5.74) is 20.8. The minimum absolute atomic E-state index is 0.322. The average molecular weight is 1060 g/mol. The fourth-order valence-electron chi connectivity index (χ4n) is 10.5. The van der Waals surface area contributed by atoms with Crippen molar-refractivity contribution in [3.05, 3.63) is 247 Å². The fourth-order valence-corrected chi connectivity index (χ4v) is 12.8. The van der Waals surface area contributed by atoms with Crippen molar-refractivity contribution >= 4 is 114 Å². The number of carbonyl (C=O) groups is 4. The molecule has 2 aliphatic heterocycles. The maximum atomic E-state index is 12.9. The third kappa shape index (κ3) is 10.3. The molecule has 14 nitrogen and oxygen atoms in total. The second-order valence-corrected chi connectivity index (χ2v) is 21.0. The van der Waals surface area contributed by atoms with Gasteiger partial charge in [0.2, 0.25) is 0 Å². The molecule has 0 saturated carbocycles. The lowest BCUT2D eigenvalue weighted by molar-refractivity contribution is -0.124. The third-order valence-electron chi connectivity index (χ3n) is 14.0. The summed E-state index contributed by atoms with van der Waals surface area (Å²) in [6.45, 7) is 2.36. The number of imide groups is 2. The normalized spacial score (nSPS) is 13.2. The van der Waals surface area contributed by atoms with Crippen molar-refractivity contribution in [1.29, 1.82) is 0 Å². The van der Waals surface area contributed by atoms with Crippen molar-refractivity contribution < 1.29 is 19.2 Å². The van der Waals surface area contributed by atoms with E-state index in [9.17, 15) is 19.2 Å². The molecule has 15 heteroatoms. The Balaban J connectivity index is 0.000000129. The van der Waals surface area contributed by atoms with Crippen LogP contribution in [0.5, 0.6) is 0 Å². The number of fused-ring (bicyclic) bond motifs is 4. The Bertz CT molecular complexity index is 4110. The molecule has 0 bridgehead atoms. The molecular formula is C64H53N10O4P. The predicted octanol–water partition coefficient (Wildman–Crippen LogP) is 10.7. The highest BCUT2D eigenvalue weighted by Crippen LogP contribution is 2.38. The maximum absolute atomic E-state index is 12.9. The van der Waals surface area contributed by atoms with Crippen LogP contribution >= 0.6 is 7.92 Å². The van der Waals surface area contributed by atoms with Gasteiger partial charge in [0.25, 0.3) is 23.6 Å². The molecule has 2 aliphatic rings. The zero-order valence-electron chi connectivity index (χ0n) is 42.9. The number of benzene rings is 7. The van der Waals surface area contributed by atoms with E-state index in [1.54, 1.807) is 9.13 Å². The molecule has 13 rings (SSSR count). The lowest BCUT2D eigenvalue weighted by Crippen LogP contribution is -2.23. The molecule has 11 aromatic rings. The van der Waals surface area contributed by atoms with Crippen LogP contribution in [0.3, 0.4) is 0 Å². The summed E-state index contributed by atoms with van der Waals surface area (Å²) >= 11 is 0. The molecular weight excluding hydrogens is 1000 g/mol. The Morgan fingerprint density at radius 3 is 1.25 bits per heavy atom. The van der Waals surface area contributed by atoms with Gasteiger partial charge in [0.05, 0.1) is 22.2 Å². The number of amides is 4. The first-order chi connectivity index (χ1) is 38.8. The number of hydrogen-bond acceptors (Lipinski definition) is 6. The highest BCUT2D eigenvalue weighted by Gasteiger charge is 2.36. The first-order valence-corrected chi connectivity index (χ1v) is 27.3. The van der Waals surface area contributed by atoms with E-state index < -0.39 is 19.7 Å². The van der Waals surface area contributed by atoms with Crippen molar-refractivity contribution in [2.24, 2.45) is 10.8 Å². The summed E-state index contributed by atoms with van der Waals surface area (Å²) in [5, 5.41) is 16.6. The number of rotatable bonds is 14. The van der Waals surface area contributed by atoms with Crippen molar-refractivity contribution in [1.82, 2.24) is 28.9 Å². The highest BCUT2D eigenvalue weighted by molar-refractivity contribution is 7.79. The van der Waals surface area contributed by atoms with E-state index in [0.29, 0.717) is 54.2 Å². The van der Waals surface area contributed by atoms with Gasteiger partial charge in [-0.25, -0.2) is 0 Å². The summed E-state index contributed by atoms with van der Waals surface area (Å²) < 4.78 is 7.72. The zero-order chi connectivity index (χ0) is 54.2. The Morgan fingerprint density at radius 1 is 0.456 bits per heavy atom. The first-order valence-electron chi connectivity index (χ1n) is 26.0. The lowest BCUT2D eigenvalue weighted by atomic mass is 10.0. The molecule has 4 amide bonds. The quantitative estimate of drug-likeness (QED) is 0.0244. The first kappa shape index (κ1) is 51.3. The van der Waals surface area contributed by atoms with Crippen LogP contribution in [0.15, 0.2) is 230 Å². The van der Waals surface area contributed by atoms with Gasteiger partial charge < -0.3 is 24.0 Å². The third-order valence-corrected chi connectivity index (χ3v) is 16.4. The monoisotopic (exact) mass is 1060 g/mol. The minimum Gasteiger partial charge on any atom is -0.347 e. The molecule has 4 N–H and O–H groups in total. The number of hydrogen-bond donors (Lipinski definition) is 3. The van der Waals surface area contributed by atoms with Gasteiger partial charge in [-0.3, -0.25) is 29.8 Å². The van der Waals surface area contributed by atoms with Gasteiger partial charge in [0.1, 0.15) is 11.4 Å². The molecule has 7 aromatic carbocycles. The molecule has 79 heavy (non-hydrogen) atoms. The number of carbonyl (C=O) groups excluding carboxylic acids is 4. The van der Waals surface area contributed by atoms with Gasteiger partial charge >= 0.3 is 0 Å². The van der Waals surface area contributed by atoms with Crippen LogP contribution in [0.2, 0.25) is 0 Å². The predicted molar refractivity (Wildman–Crippen MR) is 318 cm³/mol. The topological polar surface area (TPSA) is 187 Å². The molecule has 4 aromatic heterocycles. The van der Waals surface area contributed by atoms with Crippen LogP contribution in [0, 0.1) is 0 Å². The van der Waals surface area contributed by atoms with Crippen molar-refractivity contribution in [2.75, 3.05) is 13.1 Å². The SMILES string of the molecule is NCCCn1cc(C2=C(n3ccc4ccccc43)C(=O)NC2=O)c2ccccc21.[N-]=[N+]=NCCCn1cc(C2=C(n3ccc4ccccc43)C(=O)NC2=O)c2ccccc21.c1ccc(P(c2ccccc2)c2ccccc2)cc1. The summed E-state index contributed by atoms with van der Waals surface area (Å²) in [6.07, 6.45) is 9.02. The molecule has 0 atom stereocenters. The molecule has 0 aliphatic carbocycles. The minimum atomic E-state index is -0.446. The standard InChI is InChI=1S/C23H18N6O2.C23H20N4O2.C18H15P/c24-27-25-11-5-12-28-14-17(16-7-2-4-9-19(16)28)20-21(23(31)26-22(20)30)29-13-10-15-6-1-3-8-18(15)29;24-11-5-12-26-14-17(16-7-2-4-9-19(16)26)20-21(23(29)25-22(20)28)27-13-10-15-6-1-3-8-18(15)27;1-4-10-16(11-5-1)19(17-12-6-2-7-13-17)18-14-8-3-9-15-18/h1-4,6-10,13-14H,5,11-12H2,(H,26,30,31);1-4,6-10,13-14H,5,11-12,24H2,(H,25,28,29);1-15H. The summed E-state index contributed by atoms with van der Waals surface area (Å²) in [5.74, 6) is -1.58. The zero-order valence-corrected chi connectivity index (χ0v) is 43.8. The molecule has 0 spiro atoms. The molecule has 0 radical (unpaired) electrons. The Hall–Kier alpha value is -9.84. The Labute approximate surface area is 456 Å². The highest BCUT2D eigenvalue weighted by atomic mass is 31.1. The molecule has 0 saturated heterocycles. The van der Waals surface area contributed by atoms with Gasteiger partial charge in [-0.1, -0.05) is 169 Å². The fraction of sp³-hybridized carbons (Fsp3) is 0.0938. The molecule has 0 fully saturated rings. The van der Waals surface area contributed by atoms with Crippen LogP contribution in [0.4, 0.5) is 0 Å². The van der Waals surface area contributed by atoms with Crippen LogP contribution in [0.25, 0.3) is 76.6 Å². The van der Waals surface area contributed by atoms with Gasteiger partial charge in [-0.05, 0) is 95.9 Å². The molecule has 6 heterocycles. The molecule has 388 valence electrons. The number of para-hydroxylation sites is 4. The van der Waals surface area contributed by atoms with Crippen LogP contribution in [-0.2, 0) is 32.3 Å². The Morgan fingerprint density at radius 2 is 0.835 bits per heavy atom. The van der Waals surface area contributed by atoms with E-state index in [1.807, 2.05) is 139 Å². The Kier molecular flexibility index (Phi) is 15.0. The number of nitrogens with two attached hydrogens (primary N) is 1. The summed E-state index contributed by atoms with van der Waals surface area (Å²) in [7, 11) is -0.446. The van der Waals surface area contributed by atoms with E-state index in [0.717, 1.165) is 62.1 Å². The van der Waals surface area contributed by atoms with E-state index in [4.69, 9.17) is 11.3 Å². The van der Waals surface area contributed by atoms with Gasteiger partial charge in [0.15, 0.2) is 0 Å². The van der Waals surface area contributed by atoms with E-state index in [2.05, 4.69) is 116 Å². The number of aryl methyl sites for hydroxylation is 2. The van der Waals surface area contributed by atoms with E-state index >= 15 is 0 Å². The second kappa shape index (κ2) is 23.2. The molecule has 0 unspecified atom stereocenters. The van der Waals surface area contributed by atoms with Crippen molar-refractivity contribution in [3.8, 4) is 0 Å². The maximum Gasteiger partial charge on any atom is 0.275 e. The lowest BCUT2D eigenvalue weighted by Gasteiger charge is -2.18. The van der Waals surface area contributed by atoms with Gasteiger partial charge in [0, 0.05) is 82.3 Å². The number of aromatic nitrogens is 4. The summed E-state index contributed by atoms with van der Waals surface area (Å²) in [4.78, 5) is 54.2.